The molecule has 6 nitrogen and oxygen atoms in total. The summed E-state index contributed by atoms with van der Waals surface area (Å²) >= 11 is 0. The topological polar surface area (TPSA) is 84.8 Å². The second-order valence-corrected chi connectivity index (χ2v) is 6.43. The Bertz CT molecular complexity index is 897. The van der Waals surface area contributed by atoms with Crippen molar-refractivity contribution in [3.63, 3.8) is 0 Å². The molecule has 1 aliphatic rings. The molecule has 0 aromatic heterocycles. The fourth-order valence-electron chi connectivity index (χ4n) is 3.18. The maximum Gasteiger partial charge on any atom is 0.257 e. The number of methoxy groups -OCH3 is 1. The Balaban J connectivity index is 1.83. The fourth-order valence-corrected chi connectivity index (χ4v) is 3.18. The number of aryl methyl sites for hydroxylation is 1. The maximum atomic E-state index is 14.3. The quantitative estimate of drug-likeness (QED) is 0.638. The van der Waals surface area contributed by atoms with Gasteiger partial charge >= 0.3 is 0 Å². The van der Waals surface area contributed by atoms with E-state index in [1.807, 2.05) is 24.3 Å². The number of nitrogens with zero attached hydrogens (tertiary/aromatic N) is 2. The minimum absolute atomic E-state index is 0.0561. The van der Waals surface area contributed by atoms with E-state index in [1.165, 1.54) is 16.0 Å². The van der Waals surface area contributed by atoms with Crippen LogP contribution in [0.3, 0.4) is 0 Å². The van der Waals surface area contributed by atoms with Crippen LogP contribution in [0.1, 0.15) is 22.3 Å². The van der Waals surface area contributed by atoms with Gasteiger partial charge in [0.1, 0.15) is 11.6 Å². The molecule has 0 unspecified atom stereocenters. The van der Waals surface area contributed by atoms with Gasteiger partial charge in [-0.05, 0) is 30.7 Å². The molecular weight excluding hydrogens is 347 g/mol. The normalized spacial score (nSPS) is 14.3. The zero-order valence-electron chi connectivity index (χ0n) is 15.4. The van der Waals surface area contributed by atoms with E-state index in [0.29, 0.717) is 41.4 Å². The smallest absolute Gasteiger partial charge is 0.257 e. The van der Waals surface area contributed by atoms with Crippen molar-refractivity contribution >= 4 is 11.6 Å². The Kier molecular flexibility index (Phi) is 5.32. The molecule has 0 saturated carbocycles. The van der Waals surface area contributed by atoms with E-state index in [9.17, 15) is 9.18 Å². The van der Waals surface area contributed by atoms with Crippen LogP contribution < -0.4 is 21.3 Å². The molecule has 7 heteroatoms. The number of hydrazine groups is 1. The minimum atomic E-state index is -0.495. The summed E-state index contributed by atoms with van der Waals surface area (Å²) in [5, 5.41) is 1.49. The molecule has 4 N–H and O–H groups in total. The lowest BCUT2D eigenvalue weighted by Crippen LogP contribution is -2.44. The minimum Gasteiger partial charge on any atom is -0.495 e. The van der Waals surface area contributed by atoms with Crippen LogP contribution >= 0.6 is 0 Å². The van der Waals surface area contributed by atoms with Crippen LogP contribution in [0.5, 0.6) is 5.75 Å². The lowest BCUT2D eigenvalue weighted by molar-refractivity contribution is 0.0757. The first-order valence-corrected chi connectivity index (χ1v) is 8.63. The maximum absolute atomic E-state index is 14.3. The Morgan fingerprint density at radius 1 is 1.22 bits per heavy atom. The summed E-state index contributed by atoms with van der Waals surface area (Å²) in [5.74, 6) is 6.02. The number of carbonyl (C=O) groups excluding carboxylic acids is 1. The molecular formula is C20H23FN4O2. The lowest BCUT2D eigenvalue weighted by Gasteiger charge is -2.33. The number of amides is 1. The van der Waals surface area contributed by atoms with Gasteiger partial charge in [0.25, 0.3) is 5.91 Å². The number of ether oxygens (including phenoxy) is 1. The molecule has 3 rings (SSSR count). The van der Waals surface area contributed by atoms with E-state index in [1.54, 1.807) is 26.2 Å². The Morgan fingerprint density at radius 3 is 2.67 bits per heavy atom. The van der Waals surface area contributed by atoms with E-state index in [4.69, 9.17) is 16.3 Å². The third kappa shape index (κ3) is 3.59. The van der Waals surface area contributed by atoms with Crippen LogP contribution in [0.4, 0.5) is 10.1 Å². The van der Waals surface area contributed by atoms with Gasteiger partial charge in [0.2, 0.25) is 0 Å². The predicted molar refractivity (Wildman–Crippen MR) is 103 cm³/mol. The molecule has 2 aromatic rings. The summed E-state index contributed by atoms with van der Waals surface area (Å²) in [6.07, 6.45) is 0.458. The third-order valence-electron chi connectivity index (χ3n) is 4.70. The highest BCUT2D eigenvalue weighted by Crippen LogP contribution is 2.31. The number of benzene rings is 2. The second-order valence-electron chi connectivity index (χ2n) is 6.43. The van der Waals surface area contributed by atoms with Gasteiger partial charge in [0.05, 0.1) is 30.6 Å². The molecule has 1 aliphatic heterocycles. The summed E-state index contributed by atoms with van der Waals surface area (Å²) in [4.78, 5) is 14.2. The van der Waals surface area contributed by atoms with Gasteiger partial charge in [0.15, 0.2) is 0 Å². The monoisotopic (exact) mass is 370 g/mol. The van der Waals surface area contributed by atoms with Crippen molar-refractivity contribution in [2.24, 2.45) is 11.6 Å². The van der Waals surface area contributed by atoms with E-state index >= 15 is 0 Å². The number of halogens is 1. The molecule has 0 radical (unpaired) electrons. The van der Waals surface area contributed by atoms with Gasteiger partial charge in [-0.1, -0.05) is 24.3 Å². The predicted octanol–water partition coefficient (Wildman–Crippen LogP) is 2.54. The highest BCUT2D eigenvalue weighted by Gasteiger charge is 2.27. The fraction of sp³-hybridized carbons (Fsp3) is 0.250. The van der Waals surface area contributed by atoms with Crippen LogP contribution in [-0.4, -0.2) is 31.0 Å². The van der Waals surface area contributed by atoms with Crippen molar-refractivity contribution in [1.82, 2.24) is 4.90 Å². The largest absolute Gasteiger partial charge is 0.495 e. The van der Waals surface area contributed by atoms with Gasteiger partial charge in [-0.2, -0.15) is 0 Å². The molecule has 0 spiro atoms. The van der Waals surface area contributed by atoms with Crippen molar-refractivity contribution < 1.29 is 13.9 Å². The second kappa shape index (κ2) is 7.67. The average Bonchev–Trinajstić information content (AvgIpc) is 2.69. The zero-order chi connectivity index (χ0) is 19.6. The number of rotatable bonds is 4. The lowest BCUT2D eigenvalue weighted by atomic mass is 10.1. The van der Waals surface area contributed by atoms with E-state index < -0.39 is 5.82 Å². The summed E-state index contributed by atoms with van der Waals surface area (Å²) < 4.78 is 19.6. The van der Waals surface area contributed by atoms with Crippen molar-refractivity contribution in [1.29, 1.82) is 0 Å². The Morgan fingerprint density at radius 2 is 1.96 bits per heavy atom. The number of para-hydroxylation sites is 2. The molecule has 0 bridgehead atoms. The average molecular weight is 370 g/mol. The van der Waals surface area contributed by atoms with E-state index in [0.717, 1.165) is 0 Å². The van der Waals surface area contributed by atoms with Gasteiger partial charge in [-0.25, -0.2) is 10.2 Å². The number of carbonyl (C=O) groups is 1. The van der Waals surface area contributed by atoms with Crippen molar-refractivity contribution in [3.8, 4) is 5.75 Å². The first kappa shape index (κ1) is 18.7. The van der Waals surface area contributed by atoms with Gasteiger partial charge in [0, 0.05) is 18.7 Å². The molecule has 0 aliphatic carbocycles. The summed E-state index contributed by atoms with van der Waals surface area (Å²) in [6.45, 7) is 2.21. The van der Waals surface area contributed by atoms with E-state index in [-0.39, 0.29) is 18.0 Å². The number of hydrogen-bond acceptors (Lipinski definition) is 5. The van der Waals surface area contributed by atoms with Crippen LogP contribution in [0, 0.1) is 12.7 Å². The Labute approximate surface area is 157 Å². The van der Waals surface area contributed by atoms with Crippen LogP contribution in [-0.2, 0) is 0 Å². The van der Waals surface area contributed by atoms with Crippen LogP contribution in [0.2, 0.25) is 0 Å². The molecule has 0 fully saturated rings. The van der Waals surface area contributed by atoms with Gasteiger partial charge in [-0.3, -0.25) is 9.80 Å². The first-order chi connectivity index (χ1) is 12.9. The number of hydrogen-bond donors (Lipinski definition) is 2. The van der Waals surface area contributed by atoms with Crippen molar-refractivity contribution in [3.05, 3.63) is 70.8 Å². The SMILES string of the molecule is COc1ccccc1N(N)C1=C(N)CN(C(=O)c2cccc(C)c2F)CC1. The standard InChI is InChI=1S/C20H23FN4O2/c1-13-6-5-7-14(19(13)21)20(26)24-11-10-16(15(22)12-24)25(23)17-8-3-4-9-18(17)27-2/h3-9H,10-12,22-23H2,1-2H3. The highest BCUT2D eigenvalue weighted by atomic mass is 19.1. The third-order valence-corrected chi connectivity index (χ3v) is 4.70. The molecule has 142 valence electrons. The van der Waals surface area contributed by atoms with Gasteiger partial charge in [-0.15, -0.1) is 0 Å². The molecule has 1 amide bonds. The number of nitrogens with two attached hydrogens (primary N) is 2. The zero-order valence-corrected chi connectivity index (χ0v) is 15.4. The van der Waals surface area contributed by atoms with Crippen molar-refractivity contribution in [2.45, 2.75) is 13.3 Å². The van der Waals surface area contributed by atoms with Crippen LogP contribution in [0.25, 0.3) is 0 Å². The molecule has 0 atom stereocenters. The summed E-state index contributed by atoms with van der Waals surface area (Å²) in [6, 6.07) is 12.1. The van der Waals surface area contributed by atoms with Gasteiger partial charge < -0.3 is 15.4 Å². The van der Waals surface area contributed by atoms with E-state index in [2.05, 4.69) is 0 Å². The number of anilines is 1. The Hall–Kier alpha value is -3.06. The highest BCUT2D eigenvalue weighted by molar-refractivity contribution is 5.95. The molecule has 2 aromatic carbocycles. The summed E-state index contributed by atoms with van der Waals surface area (Å²) in [5.41, 5.74) is 8.57. The van der Waals surface area contributed by atoms with Crippen LogP contribution in [0.15, 0.2) is 53.9 Å². The van der Waals surface area contributed by atoms with Crippen molar-refractivity contribution in [2.75, 3.05) is 25.2 Å². The summed E-state index contributed by atoms with van der Waals surface area (Å²) in [7, 11) is 1.57. The molecule has 0 saturated heterocycles. The molecule has 27 heavy (non-hydrogen) atoms. The first-order valence-electron chi connectivity index (χ1n) is 8.63. The molecule has 1 heterocycles.